The maximum Gasteiger partial charge on any atom is 0.197 e. The molecular formula is C16H17N7S2. The molecule has 0 aliphatic carbocycles. The first kappa shape index (κ1) is 16.0. The van der Waals surface area contributed by atoms with Crippen molar-refractivity contribution in [2.24, 2.45) is 4.99 Å². The number of nitrogens with zero attached hydrogens (tertiary/aromatic N) is 4. The van der Waals surface area contributed by atoms with Gasteiger partial charge < -0.3 is 16.0 Å². The summed E-state index contributed by atoms with van der Waals surface area (Å²) in [5.41, 5.74) is 2.73. The molecule has 0 aromatic carbocycles. The van der Waals surface area contributed by atoms with Crippen LogP contribution in [0.4, 0.5) is 10.9 Å². The van der Waals surface area contributed by atoms with Gasteiger partial charge in [-0.3, -0.25) is 4.99 Å². The number of thiazole rings is 2. The van der Waals surface area contributed by atoms with E-state index in [-0.39, 0.29) is 0 Å². The minimum Gasteiger partial charge on any atom is -0.373 e. The molecule has 0 fully saturated rings. The highest BCUT2D eigenvalue weighted by atomic mass is 32.1. The van der Waals surface area contributed by atoms with E-state index in [9.17, 15) is 0 Å². The molecule has 0 saturated heterocycles. The van der Waals surface area contributed by atoms with Crippen molar-refractivity contribution in [3.8, 4) is 22.0 Å². The van der Waals surface area contributed by atoms with Crippen molar-refractivity contribution in [2.45, 2.75) is 6.42 Å². The van der Waals surface area contributed by atoms with E-state index in [4.69, 9.17) is 4.98 Å². The van der Waals surface area contributed by atoms with E-state index in [0.29, 0.717) is 0 Å². The van der Waals surface area contributed by atoms with Gasteiger partial charge in [0.1, 0.15) is 22.2 Å². The van der Waals surface area contributed by atoms with Gasteiger partial charge >= 0.3 is 0 Å². The maximum absolute atomic E-state index is 4.73. The predicted octanol–water partition coefficient (Wildman–Crippen LogP) is 3.13. The number of anilines is 2. The fourth-order valence-electron chi connectivity index (χ4n) is 2.46. The Morgan fingerprint density at radius 3 is 2.88 bits per heavy atom. The van der Waals surface area contributed by atoms with Crippen molar-refractivity contribution >= 4 is 39.6 Å². The first-order valence-corrected chi connectivity index (χ1v) is 9.69. The fourth-order valence-corrected chi connectivity index (χ4v) is 4.00. The van der Waals surface area contributed by atoms with Gasteiger partial charge in [0.15, 0.2) is 11.1 Å². The van der Waals surface area contributed by atoms with Crippen LogP contribution in [-0.4, -0.2) is 41.0 Å². The van der Waals surface area contributed by atoms with Crippen LogP contribution in [0.5, 0.6) is 0 Å². The molecule has 0 saturated carbocycles. The second-order valence-corrected chi connectivity index (χ2v) is 7.08. The lowest BCUT2D eigenvalue weighted by molar-refractivity contribution is 0.740. The smallest absolute Gasteiger partial charge is 0.197 e. The topological polar surface area (TPSA) is 87.1 Å². The van der Waals surface area contributed by atoms with Gasteiger partial charge in [0.2, 0.25) is 0 Å². The zero-order valence-corrected chi connectivity index (χ0v) is 15.2. The fraction of sp³-hybridized carbons (Fsp3) is 0.250. The molecule has 0 unspecified atom stereocenters. The van der Waals surface area contributed by atoms with Gasteiger partial charge in [-0.25, -0.2) is 15.0 Å². The highest BCUT2D eigenvalue weighted by Crippen LogP contribution is 2.33. The van der Waals surface area contributed by atoms with Crippen LogP contribution in [0.25, 0.3) is 22.0 Å². The van der Waals surface area contributed by atoms with Crippen LogP contribution in [0.2, 0.25) is 0 Å². The summed E-state index contributed by atoms with van der Waals surface area (Å²) in [6, 6.07) is 3.93. The largest absolute Gasteiger partial charge is 0.373 e. The van der Waals surface area contributed by atoms with Crippen molar-refractivity contribution in [2.75, 3.05) is 30.8 Å². The maximum atomic E-state index is 4.73. The molecule has 128 valence electrons. The number of hydrogen-bond acceptors (Lipinski definition) is 9. The zero-order chi connectivity index (χ0) is 17.1. The lowest BCUT2D eigenvalue weighted by Crippen LogP contribution is -2.35. The molecule has 3 aromatic heterocycles. The number of aliphatic imine (C=N–C) groups is 1. The Labute approximate surface area is 153 Å². The second kappa shape index (κ2) is 7.16. The van der Waals surface area contributed by atoms with Crippen molar-refractivity contribution in [3.63, 3.8) is 0 Å². The number of aromatic nitrogens is 3. The van der Waals surface area contributed by atoms with E-state index in [0.717, 1.165) is 58.4 Å². The van der Waals surface area contributed by atoms with Gasteiger partial charge in [-0.2, -0.15) is 0 Å². The molecule has 7 nitrogen and oxygen atoms in total. The van der Waals surface area contributed by atoms with Crippen LogP contribution in [0.15, 0.2) is 34.1 Å². The summed E-state index contributed by atoms with van der Waals surface area (Å²) in [6.07, 6.45) is 2.84. The van der Waals surface area contributed by atoms with Gasteiger partial charge in [0.05, 0.1) is 5.56 Å². The van der Waals surface area contributed by atoms with Gasteiger partial charge in [-0.1, -0.05) is 0 Å². The number of hydrogen-bond donors (Lipinski definition) is 3. The van der Waals surface area contributed by atoms with Crippen molar-refractivity contribution in [1.29, 1.82) is 0 Å². The van der Waals surface area contributed by atoms with Crippen LogP contribution in [-0.2, 0) is 0 Å². The monoisotopic (exact) mass is 371 g/mol. The lowest BCUT2D eigenvalue weighted by atomic mass is 10.2. The van der Waals surface area contributed by atoms with E-state index >= 15 is 0 Å². The Bertz CT molecular complexity index is 899. The van der Waals surface area contributed by atoms with Crippen molar-refractivity contribution in [1.82, 2.24) is 20.3 Å². The Balaban J connectivity index is 1.55. The molecular weight excluding hydrogens is 354 g/mol. The Hall–Kier alpha value is -2.52. The summed E-state index contributed by atoms with van der Waals surface area (Å²) in [6.45, 7) is 1.79. The summed E-state index contributed by atoms with van der Waals surface area (Å²) in [5, 5.41) is 15.3. The van der Waals surface area contributed by atoms with E-state index < -0.39 is 0 Å². The minimum atomic E-state index is 0.792. The molecule has 25 heavy (non-hydrogen) atoms. The first-order chi connectivity index (χ1) is 12.3. The molecule has 0 atom stereocenters. The quantitative estimate of drug-likeness (QED) is 0.653. The van der Waals surface area contributed by atoms with Crippen LogP contribution >= 0.6 is 22.7 Å². The Morgan fingerprint density at radius 2 is 2.04 bits per heavy atom. The number of guanidine groups is 1. The minimum absolute atomic E-state index is 0.792. The number of rotatable bonds is 4. The molecule has 0 amide bonds. The van der Waals surface area contributed by atoms with Gasteiger partial charge in [-0.15, -0.1) is 22.7 Å². The van der Waals surface area contributed by atoms with E-state index in [1.54, 1.807) is 28.9 Å². The molecule has 3 aromatic rings. The number of pyridine rings is 1. The molecule has 1 aliphatic rings. The highest BCUT2D eigenvalue weighted by molar-refractivity contribution is 7.14. The molecule has 0 spiro atoms. The van der Waals surface area contributed by atoms with Crippen LogP contribution in [0.1, 0.15) is 6.42 Å². The van der Waals surface area contributed by atoms with Crippen LogP contribution in [0, 0.1) is 0 Å². The molecule has 1 aliphatic heterocycles. The van der Waals surface area contributed by atoms with Crippen molar-refractivity contribution in [3.05, 3.63) is 29.1 Å². The predicted molar refractivity (Wildman–Crippen MR) is 105 cm³/mol. The Morgan fingerprint density at radius 1 is 1.16 bits per heavy atom. The third-order valence-electron chi connectivity index (χ3n) is 3.67. The summed E-state index contributed by atoms with van der Waals surface area (Å²) >= 11 is 3.14. The van der Waals surface area contributed by atoms with Gasteiger partial charge in [0, 0.05) is 37.1 Å². The van der Waals surface area contributed by atoms with E-state index in [2.05, 4.69) is 30.9 Å². The molecule has 0 bridgehead atoms. The van der Waals surface area contributed by atoms with Crippen LogP contribution in [0.3, 0.4) is 0 Å². The Kier molecular flexibility index (Phi) is 4.57. The SMILES string of the molecule is CNc1ncccc1-c1nc(-c2csc(NC3=NCCCN3)n2)cs1. The summed E-state index contributed by atoms with van der Waals surface area (Å²) in [7, 11) is 1.86. The van der Waals surface area contributed by atoms with E-state index in [1.165, 1.54) is 0 Å². The van der Waals surface area contributed by atoms with Gasteiger partial charge in [-0.05, 0) is 18.6 Å². The molecule has 9 heteroatoms. The lowest BCUT2D eigenvalue weighted by Gasteiger charge is -2.13. The standard InChI is InChI=1S/C16H17N7S2/c1-17-13-10(4-2-5-18-13)14-21-11(8-24-14)12-9-25-16(22-12)23-15-19-6-3-7-20-15/h2,4-5,8-9H,3,6-7H2,1H3,(H,17,18)(H2,19,20,22,23). The molecule has 3 N–H and O–H groups in total. The summed E-state index contributed by atoms with van der Waals surface area (Å²) < 4.78 is 0. The molecule has 0 radical (unpaired) electrons. The van der Waals surface area contributed by atoms with Crippen LogP contribution < -0.4 is 16.0 Å². The second-order valence-electron chi connectivity index (χ2n) is 5.36. The van der Waals surface area contributed by atoms with Gasteiger partial charge in [0.25, 0.3) is 0 Å². The number of nitrogens with one attached hydrogen (secondary N) is 3. The summed E-state index contributed by atoms with van der Waals surface area (Å²) in [4.78, 5) is 18.1. The van der Waals surface area contributed by atoms with E-state index in [1.807, 2.05) is 29.9 Å². The molecule has 4 rings (SSSR count). The third kappa shape index (κ3) is 3.47. The molecule has 4 heterocycles. The van der Waals surface area contributed by atoms with Crippen molar-refractivity contribution < 1.29 is 0 Å². The highest BCUT2D eigenvalue weighted by Gasteiger charge is 2.13. The zero-order valence-electron chi connectivity index (χ0n) is 13.6. The third-order valence-corrected chi connectivity index (χ3v) is 5.30. The first-order valence-electron chi connectivity index (χ1n) is 7.93. The normalized spacial score (nSPS) is 13.9. The average Bonchev–Trinajstić information content (AvgIpc) is 3.32. The average molecular weight is 371 g/mol. The summed E-state index contributed by atoms with van der Waals surface area (Å²) in [5.74, 6) is 1.62.